The minimum Gasteiger partial charge on any atom is -0.350 e. The third-order valence-corrected chi connectivity index (χ3v) is 6.85. The molecule has 0 aliphatic carbocycles. The fourth-order valence-electron chi connectivity index (χ4n) is 3.92. The number of hydrogen-bond donors (Lipinski definition) is 1. The van der Waals surface area contributed by atoms with Crippen molar-refractivity contribution in [3.05, 3.63) is 81.7 Å². The van der Waals surface area contributed by atoms with Gasteiger partial charge >= 0.3 is 0 Å². The van der Waals surface area contributed by atoms with Crippen molar-refractivity contribution in [3.8, 4) is 5.69 Å². The zero-order valence-corrected chi connectivity index (χ0v) is 18.8. The number of nitrogens with one attached hydrogen (secondary N) is 1. The summed E-state index contributed by atoms with van der Waals surface area (Å²) in [5.41, 5.74) is 2.07. The van der Waals surface area contributed by atoms with Crippen molar-refractivity contribution in [2.75, 3.05) is 5.75 Å². The average molecular weight is 466 g/mol. The van der Waals surface area contributed by atoms with Crippen LogP contribution in [-0.4, -0.2) is 31.0 Å². The Balaban J connectivity index is 1.41. The summed E-state index contributed by atoms with van der Waals surface area (Å²) in [6.07, 6.45) is 1.74. The summed E-state index contributed by atoms with van der Waals surface area (Å²) in [4.78, 5) is 30.7. The number of amides is 1. The predicted molar refractivity (Wildman–Crippen MR) is 126 cm³/mol. The van der Waals surface area contributed by atoms with Gasteiger partial charge in [-0.3, -0.25) is 14.2 Å². The van der Waals surface area contributed by atoms with Crippen LogP contribution in [-0.2, 0) is 4.79 Å². The van der Waals surface area contributed by atoms with Crippen molar-refractivity contribution in [1.29, 1.82) is 0 Å². The third kappa shape index (κ3) is 3.80. The molecule has 2 unspecified atom stereocenters. The molecule has 0 radical (unpaired) electrons. The van der Waals surface area contributed by atoms with Crippen LogP contribution in [0.2, 0.25) is 5.02 Å². The molecule has 1 aliphatic rings. The van der Waals surface area contributed by atoms with E-state index in [9.17, 15) is 9.59 Å². The smallest absolute Gasteiger partial charge is 0.265 e. The number of nitrogens with zero attached hydrogens (tertiary/aromatic N) is 4. The van der Waals surface area contributed by atoms with Crippen molar-refractivity contribution in [2.45, 2.75) is 30.6 Å². The molecule has 1 amide bonds. The standard InChI is InChI=1S/C23H20ClN5O2S/c1-14(15-6-3-2-4-7-15)26-20(30)11-18-13-32-23-27-21-19(22(31)28(18)23)12-25-29(21)17-9-5-8-16(24)10-17/h2-10,12,14,18H,11,13H2,1H3,(H,26,30). The Labute approximate surface area is 193 Å². The lowest BCUT2D eigenvalue weighted by Crippen LogP contribution is -2.32. The van der Waals surface area contributed by atoms with Crippen LogP contribution in [0.25, 0.3) is 16.7 Å². The van der Waals surface area contributed by atoms with E-state index >= 15 is 0 Å². The van der Waals surface area contributed by atoms with Gasteiger partial charge in [-0.1, -0.05) is 59.8 Å². The first-order chi connectivity index (χ1) is 15.5. The van der Waals surface area contributed by atoms with Crippen LogP contribution in [0.15, 0.2) is 70.7 Å². The first-order valence-electron chi connectivity index (χ1n) is 10.2. The van der Waals surface area contributed by atoms with E-state index in [1.54, 1.807) is 21.4 Å². The number of hydrogen-bond acceptors (Lipinski definition) is 5. The number of fused-ring (bicyclic) bond motifs is 2. The highest BCUT2D eigenvalue weighted by Crippen LogP contribution is 2.33. The van der Waals surface area contributed by atoms with E-state index in [-0.39, 0.29) is 30.0 Å². The summed E-state index contributed by atoms with van der Waals surface area (Å²) >= 11 is 7.59. The van der Waals surface area contributed by atoms with Gasteiger partial charge < -0.3 is 5.32 Å². The summed E-state index contributed by atoms with van der Waals surface area (Å²) in [5.74, 6) is 0.522. The Morgan fingerprint density at radius 1 is 1.25 bits per heavy atom. The monoisotopic (exact) mass is 465 g/mol. The van der Waals surface area contributed by atoms with E-state index in [0.717, 1.165) is 11.3 Å². The molecule has 0 spiro atoms. The molecule has 0 saturated carbocycles. The normalized spacial score (nSPS) is 16.1. The summed E-state index contributed by atoms with van der Waals surface area (Å²) in [7, 11) is 0. The number of thioether (sulfide) groups is 1. The first-order valence-corrected chi connectivity index (χ1v) is 11.6. The molecule has 2 aromatic heterocycles. The Morgan fingerprint density at radius 3 is 2.84 bits per heavy atom. The highest BCUT2D eigenvalue weighted by atomic mass is 35.5. The van der Waals surface area contributed by atoms with Gasteiger partial charge in [0.05, 0.1) is 24.0 Å². The molecule has 1 N–H and O–H groups in total. The van der Waals surface area contributed by atoms with Crippen LogP contribution >= 0.6 is 23.4 Å². The van der Waals surface area contributed by atoms with Crippen molar-refractivity contribution in [3.63, 3.8) is 0 Å². The van der Waals surface area contributed by atoms with E-state index in [1.807, 2.05) is 49.4 Å². The molecule has 7 nitrogen and oxygen atoms in total. The lowest BCUT2D eigenvalue weighted by molar-refractivity contribution is -0.122. The first kappa shape index (κ1) is 20.8. The summed E-state index contributed by atoms with van der Waals surface area (Å²) in [5, 5.41) is 8.98. The quantitative estimate of drug-likeness (QED) is 0.448. The third-order valence-electron chi connectivity index (χ3n) is 5.52. The summed E-state index contributed by atoms with van der Waals surface area (Å²) in [6.45, 7) is 1.95. The Morgan fingerprint density at radius 2 is 2.06 bits per heavy atom. The van der Waals surface area contributed by atoms with Gasteiger partial charge in [-0.15, -0.1) is 0 Å². The zero-order valence-electron chi connectivity index (χ0n) is 17.2. The van der Waals surface area contributed by atoms with Crippen molar-refractivity contribution >= 4 is 40.3 Å². The number of aromatic nitrogens is 4. The lowest BCUT2D eigenvalue weighted by Gasteiger charge is -2.17. The van der Waals surface area contributed by atoms with Crippen molar-refractivity contribution in [1.82, 2.24) is 24.6 Å². The van der Waals surface area contributed by atoms with E-state index in [2.05, 4.69) is 10.4 Å². The molecule has 4 aromatic rings. The van der Waals surface area contributed by atoms with Gasteiger partial charge in [-0.2, -0.15) is 5.10 Å². The maximum Gasteiger partial charge on any atom is 0.265 e. The van der Waals surface area contributed by atoms with Crippen molar-refractivity contribution < 1.29 is 4.79 Å². The van der Waals surface area contributed by atoms with Crippen LogP contribution in [0.4, 0.5) is 0 Å². The second-order valence-electron chi connectivity index (χ2n) is 7.71. The molecule has 1 aliphatic heterocycles. The molecule has 162 valence electrons. The SMILES string of the molecule is CC(NC(=O)CC1CSc2nc3c(cnn3-c3cccc(Cl)c3)c(=O)n21)c1ccccc1. The van der Waals surface area contributed by atoms with Gasteiger partial charge in [-0.25, -0.2) is 9.67 Å². The highest BCUT2D eigenvalue weighted by molar-refractivity contribution is 7.99. The number of carbonyl (C=O) groups excluding carboxylic acids is 1. The van der Waals surface area contributed by atoms with Gasteiger partial charge in [0, 0.05) is 17.2 Å². The van der Waals surface area contributed by atoms with Crippen LogP contribution in [0.3, 0.4) is 0 Å². The summed E-state index contributed by atoms with van der Waals surface area (Å²) < 4.78 is 3.25. The van der Waals surface area contributed by atoms with Gasteiger partial charge in [-0.05, 0) is 30.7 Å². The fourth-order valence-corrected chi connectivity index (χ4v) is 5.23. The molecule has 2 aromatic carbocycles. The predicted octanol–water partition coefficient (Wildman–Crippen LogP) is 4.15. The number of rotatable bonds is 5. The number of halogens is 1. The molecule has 2 atom stereocenters. The van der Waals surface area contributed by atoms with E-state index in [1.165, 1.54) is 18.0 Å². The fraction of sp³-hybridized carbons (Fsp3) is 0.217. The molecule has 0 fully saturated rings. The second kappa shape index (κ2) is 8.44. The van der Waals surface area contributed by atoms with E-state index < -0.39 is 0 Å². The number of carbonyl (C=O) groups is 1. The number of benzene rings is 2. The Bertz CT molecular complexity index is 1370. The molecule has 32 heavy (non-hydrogen) atoms. The molecular formula is C23H20ClN5O2S. The maximum absolute atomic E-state index is 13.3. The van der Waals surface area contributed by atoms with E-state index in [0.29, 0.717) is 27.0 Å². The molecule has 9 heteroatoms. The van der Waals surface area contributed by atoms with Gasteiger partial charge in [0.25, 0.3) is 5.56 Å². The maximum atomic E-state index is 13.3. The average Bonchev–Trinajstić information content (AvgIpc) is 3.39. The minimum atomic E-state index is -0.253. The van der Waals surface area contributed by atoms with E-state index in [4.69, 9.17) is 16.6 Å². The van der Waals surface area contributed by atoms with Crippen molar-refractivity contribution in [2.24, 2.45) is 0 Å². The second-order valence-corrected chi connectivity index (χ2v) is 9.14. The Hall–Kier alpha value is -3.10. The zero-order chi connectivity index (χ0) is 22.2. The van der Waals surface area contributed by atoms with Crippen LogP contribution in [0.1, 0.15) is 31.0 Å². The molecular weight excluding hydrogens is 446 g/mol. The lowest BCUT2D eigenvalue weighted by atomic mass is 10.1. The van der Waals surface area contributed by atoms with Gasteiger partial charge in [0.15, 0.2) is 10.8 Å². The Kier molecular flexibility index (Phi) is 5.48. The van der Waals surface area contributed by atoms with Crippen LogP contribution < -0.4 is 10.9 Å². The molecule has 0 bridgehead atoms. The summed E-state index contributed by atoms with van der Waals surface area (Å²) in [6, 6.07) is 16.7. The largest absolute Gasteiger partial charge is 0.350 e. The molecule has 3 heterocycles. The topological polar surface area (TPSA) is 81.8 Å². The highest BCUT2D eigenvalue weighted by Gasteiger charge is 2.30. The van der Waals surface area contributed by atoms with Gasteiger partial charge in [0.1, 0.15) is 5.39 Å². The van der Waals surface area contributed by atoms with Crippen LogP contribution in [0.5, 0.6) is 0 Å². The van der Waals surface area contributed by atoms with Crippen LogP contribution in [0, 0.1) is 0 Å². The molecule has 5 rings (SSSR count). The van der Waals surface area contributed by atoms with Gasteiger partial charge in [0.2, 0.25) is 5.91 Å². The minimum absolute atomic E-state index is 0.0959. The molecule has 0 saturated heterocycles.